The average Bonchev–Trinajstić information content (AvgIpc) is 3.52. The average molecular weight is 409 g/mol. The van der Waals surface area contributed by atoms with Crippen molar-refractivity contribution in [2.45, 2.75) is 12.6 Å². The van der Waals surface area contributed by atoms with E-state index in [9.17, 15) is 14.7 Å². The first-order valence-electron chi connectivity index (χ1n) is 9.11. The largest absolute Gasteiger partial charge is 0.503 e. The number of aliphatic hydroxyl groups is 1. The number of ketones is 1. The van der Waals surface area contributed by atoms with E-state index < -0.39 is 23.5 Å². The standard InChI is InChI=1S/C22H19NO7/c1-27-15-8-7-13(11-17(15)28-2)19-18(20(24)16-6-4-10-30-16)21(25)22(26)23(19)12-14-5-3-9-29-14/h3-11,19,25H,12H2,1-2H3. The Labute approximate surface area is 171 Å². The zero-order valence-electron chi connectivity index (χ0n) is 16.3. The number of amides is 1. The number of carbonyl (C=O) groups is 2. The molecule has 1 amide bonds. The molecule has 4 rings (SSSR count). The number of benzene rings is 1. The second kappa shape index (κ2) is 7.82. The summed E-state index contributed by atoms with van der Waals surface area (Å²) in [6, 6.07) is 10.6. The second-order valence-electron chi connectivity index (χ2n) is 6.60. The lowest BCUT2D eigenvalue weighted by molar-refractivity contribution is -0.130. The van der Waals surface area contributed by atoms with Crippen LogP contribution >= 0.6 is 0 Å². The maximum absolute atomic E-state index is 13.1. The molecular formula is C22H19NO7. The van der Waals surface area contributed by atoms with Gasteiger partial charge in [-0.15, -0.1) is 0 Å². The lowest BCUT2D eigenvalue weighted by atomic mass is 9.94. The molecule has 3 heterocycles. The van der Waals surface area contributed by atoms with E-state index in [-0.39, 0.29) is 17.9 Å². The summed E-state index contributed by atoms with van der Waals surface area (Å²) in [6.07, 6.45) is 2.84. The van der Waals surface area contributed by atoms with Crippen LogP contribution in [-0.4, -0.2) is 35.9 Å². The molecule has 0 aliphatic carbocycles. The van der Waals surface area contributed by atoms with Gasteiger partial charge >= 0.3 is 0 Å². The molecule has 8 nitrogen and oxygen atoms in total. The van der Waals surface area contributed by atoms with Crippen LogP contribution in [0.1, 0.15) is 27.9 Å². The highest BCUT2D eigenvalue weighted by Gasteiger charge is 2.45. The van der Waals surface area contributed by atoms with Gasteiger partial charge in [0.25, 0.3) is 5.91 Å². The van der Waals surface area contributed by atoms with Gasteiger partial charge in [0, 0.05) is 0 Å². The molecule has 154 valence electrons. The van der Waals surface area contributed by atoms with Gasteiger partial charge in [-0.05, 0) is 42.0 Å². The number of ether oxygens (including phenoxy) is 2. The fourth-order valence-corrected chi connectivity index (χ4v) is 3.53. The minimum absolute atomic E-state index is 0.0228. The molecule has 0 spiro atoms. The Hall–Kier alpha value is -3.94. The van der Waals surface area contributed by atoms with Crippen LogP contribution in [0, 0.1) is 0 Å². The summed E-state index contributed by atoms with van der Waals surface area (Å²) in [6.45, 7) is 0.0594. The third kappa shape index (κ3) is 3.22. The number of nitrogens with zero attached hydrogens (tertiary/aromatic N) is 1. The monoisotopic (exact) mass is 409 g/mol. The molecule has 30 heavy (non-hydrogen) atoms. The van der Waals surface area contributed by atoms with Gasteiger partial charge < -0.3 is 28.3 Å². The van der Waals surface area contributed by atoms with Gasteiger partial charge in [0.05, 0.1) is 44.9 Å². The molecule has 1 N–H and O–H groups in total. The van der Waals surface area contributed by atoms with Gasteiger partial charge in [0.15, 0.2) is 23.0 Å². The van der Waals surface area contributed by atoms with Crippen LogP contribution in [0.15, 0.2) is 75.2 Å². The maximum atomic E-state index is 13.1. The van der Waals surface area contributed by atoms with Crippen molar-refractivity contribution >= 4 is 11.7 Å². The van der Waals surface area contributed by atoms with Crippen molar-refractivity contribution in [1.29, 1.82) is 0 Å². The first kappa shape index (κ1) is 19.4. The zero-order chi connectivity index (χ0) is 21.3. The maximum Gasteiger partial charge on any atom is 0.290 e. The summed E-state index contributed by atoms with van der Waals surface area (Å²) in [5.74, 6) is -0.425. The second-order valence-corrected chi connectivity index (χ2v) is 6.60. The summed E-state index contributed by atoms with van der Waals surface area (Å²) < 4.78 is 21.2. The van der Waals surface area contributed by atoms with E-state index >= 15 is 0 Å². The van der Waals surface area contributed by atoms with Crippen molar-refractivity contribution in [3.05, 3.63) is 83.4 Å². The molecular weight excluding hydrogens is 390 g/mol. The molecule has 1 atom stereocenters. The lowest BCUT2D eigenvalue weighted by Gasteiger charge is -2.26. The van der Waals surface area contributed by atoms with Gasteiger partial charge in [-0.1, -0.05) is 6.07 Å². The Morgan fingerprint density at radius 1 is 1.07 bits per heavy atom. The molecule has 0 bridgehead atoms. The van der Waals surface area contributed by atoms with Crippen molar-refractivity contribution in [2.24, 2.45) is 0 Å². The van der Waals surface area contributed by atoms with Crippen LogP contribution in [0.4, 0.5) is 0 Å². The number of methoxy groups -OCH3 is 2. The predicted molar refractivity (Wildman–Crippen MR) is 104 cm³/mol. The minimum Gasteiger partial charge on any atom is -0.503 e. The molecule has 0 saturated carbocycles. The van der Waals surface area contributed by atoms with Crippen molar-refractivity contribution in [2.75, 3.05) is 14.2 Å². The molecule has 0 fully saturated rings. The van der Waals surface area contributed by atoms with Crippen LogP contribution in [-0.2, 0) is 11.3 Å². The summed E-state index contributed by atoms with van der Waals surface area (Å²) in [5.41, 5.74) is 0.486. The van der Waals surface area contributed by atoms with E-state index in [1.165, 1.54) is 37.7 Å². The number of furan rings is 2. The number of hydrogen-bond donors (Lipinski definition) is 1. The predicted octanol–water partition coefficient (Wildman–Crippen LogP) is 3.67. The van der Waals surface area contributed by atoms with E-state index in [2.05, 4.69) is 0 Å². The third-order valence-electron chi connectivity index (χ3n) is 4.92. The third-order valence-corrected chi connectivity index (χ3v) is 4.92. The number of hydrogen-bond acceptors (Lipinski definition) is 7. The van der Waals surface area contributed by atoms with Gasteiger partial charge in [-0.2, -0.15) is 0 Å². The molecule has 1 aliphatic heterocycles. The molecule has 0 saturated heterocycles. The highest BCUT2D eigenvalue weighted by Crippen LogP contribution is 2.42. The fourth-order valence-electron chi connectivity index (χ4n) is 3.53. The van der Waals surface area contributed by atoms with E-state index in [0.717, 1.165) is 0 Å². The molecule has 2 aromatic heterocycles. The summed E-state index contributed by atoms with van der Waals surface area (Å²) in [7, 11) is 3.00. The SMILES string of the molecule is COc1ccc(C2C(C(=O)c3ccco3)=C(O)C(=O)N2Cc2ccco2)cc1OC. The van der Waals surface area contributed by atoms with Gasteiger partial charge in [-0.25, -0.2) is 0 Å². The van der Waals surface area contributed by atoms with Gasteiger partial charge in [0.1, 0.15) is 5.76 Å². The van der Waals surface area contributed by atoms with Crippen LogP contribution in [0.5, 0.6) is 11.5 Å². The Morgan fingerprint density at radius 2 is 1.80 bits per heavy atom. The number of Topliss-reactive ketones (excluding diaryl/α,β-unsaturated/α-hetero) is 1. The Bertz CT molecular complexity index is 1100. The smallest absolute Gasteiger partial charge is 0.290 e. The quantitative estimate of drug-likeness (QED) is 0.594. The Morgan fingerprint density at radius 3 is 2.43 bits per heavy atom. The van der Waals surface area contributed by atoms with Crippen LogP contribution in [0.3, 0.4) is 0 Å². The summed E-state index contributed by atoms with van der Waals surface area (Å²) in [4.78, 5) is 27.4. The molecule has 1 aromatic carbocycles. The van der Waals surface area contributed by atoms with Crippen molar-refractivity contribution in [1.82, 2.24) is 4.90 Å². The van der Waals surface area contributed by atoms with E-state index in [1.807, 2.05) is 0 Å². The summed E-state index contributed by atoms with van der Waals surface area (Å²) >= 11 is 0. The zero-order valence-corrected chi connectivity index (χ0v) is 16.3. The molecule has 3 aromatic rings. The molecule has 1 unspecified atom stereocenters. The highest BCUT2D eigenvalue weighted by atomic mass is 16.5. The van der Waals surface area contributed by atoms with E-state index in [0.29, 0.717) is 22.8 Å². The summed E-state index contributed by atoms with van der Waals surface area (Å²) in [5, 5.41) is 10.6. The number of carbonyl (C=O) groups excluding carboxylic acids is 2. The normalized spacial score (nSPS) is 16.3. The van der Waals surface area contributed by atoms with Crippen molar-refractivity contribution < 1.29 is 33.0 Å². The fraction of sp³-hybridized carbons (Fsp3) is 0.182. The van der Waals surface area contributed by atoms with E-state index in [4.69, 9.17) is 18.3 Å². The van der Waals surface area contributed by atoms with Crippen LogP contribution in [0.25, 0.3) is 0 Å². The van der Waals surface area contributed by atoms with Crippen molar-refractivity contribution in [3.63, 3.8) is 0 Å². The number of rotatable bonds is 7. The highest BCUT2D eigenvalue weighted by molar-refractivity contribution is 6.15. The van der Waals surface area contributed by atoms with Crippen LogP contribution in [0.2, 0.25) is 0 Å². The van der Waals surface area contributed by atoms with Crippen molar-refractivity contribution in [3.8, 4) is 11.5 Å². The lowest BCUT2D eigenvalue weighted by Crippen LogP contribution is -2.30. The Kier molecular flexibility index (Phi) is 5.05. The first-order chi connectivity index (χ1) is 14.5. The minimum atomic E-state index is -0.875. The molecule has 1 aliphatic rings. The first-order valence-corrected chi connectivity index (χ1v) is 9.11. The topological polar surface area (TPSA) is 102 Å². The number of aliphatic hydroxyl groups excluding tert-OH is 1. The van der Waals surface area contributed by atoms with E-state index in [1.54, 1.807) is 36.4 Å². The Balaban J connectivity index is 1.83. The molecule has 0 radical (unpaired) electrons. The molecule has 8 heteroatoms. The van der Waals surface area contributed by atoms with Gasteiger partial charge in [0.2, 0.25) is 5.78 Å². The van der Waals surface area contributed by atoms with Gasteiger partial charge in [-0.3, -0.25) is 9.59 Å². The van der Waals surface area contributed by atoms with Crippen LogP contribution < -0.4 is 9.47 Å².